The molecule has 3 heterocycles. The summed E-state index contributed by atoms with van der Waals surface area (Å²) in [7, 11) is 3.38. The van der Waals surface area contributed by atoms with Crippen LogP contribution in [-0.2, 0) is 23.1 Å². The Hall–Kier alpha value is -2.26. The van der Waals surface area contributed by atoms with Crippen LogP contribution in [0.5, 0.6) is 0 Å². The molecule has 1 atom stereocenters. The minimum Gasteiger partial charge on any atom is -0.382 e. The lowest BCUT2D eigenvalue weighted by Crippen LogP contribution is -2.30. The highest BCUT2D eigenvalue weighted by atomic mass is 16.5. The molecule has 1 saturated heterocycles. The molecule has 0 radical (unpaired) electrons. The maximum absolute atomic E-state index is 12.5. The number of carbonyl (C=O) groups excluding carboxylic acids is 1. The number of carbonyl (C=O) groups is 1. The third-order valence-electron chi connectivity index (χ3n) is 4.02. The summed E-state index contributed by atoms with van der Waals surface area (Å²) in [5, 5.41) is 8.06. The van der Waals surface area contributed by atoms with Crippen LogP contribution < -0.4 is 0 Å². The number of methoxy groups -OCH3 is 1. The highest BCUT2D eigenvalue weighted by Gasteiger charge is 2.31. The van der Waals surface area contributed by atoms with Gasteiger partial charge in [0.1, 0.15) is 12.3 Å². The van der Waals surface area contributed by atoms with E-state index in [1.54, 1.807) is 36.0 Å². The molecule has 0 N–H and O–H groups in total. The van der Waals surface area contributed by atoms with Crippen LogP contribution in [0.25, 0.3) is 0 Å². The highest BCUT2D eigenvalue weighted by molar-refractivity contribution is 5.92. The van der Waals surface area contributed by atoms with E-state index >= 15 is 0 Å². The number of amides is 1. The molecule has 3 rings (SSSR count). The highest BCUT2D eigenvalue weighted by Crippen LogP contribution is 2.26. The summed E-state index contributed by atoms with van der Waals surface area (Å²) in [4.78, 5) is 18.6. The predicted octanol–water partition coefficient (Wildman–Crippen LogP) is 0.596. The Labute approximate surface area is 139 Å². The number of aromatic nitrogens is 4. The Kier molecular flexibility index (Phi) is 5.21. The second-order valence-corrected chi connectivity index (χ2v) is 5.67. The smallest absolute Gasteiger partial charge is 0.272 e. The van der Waals surface area contributed by atoms with Crippen molar-refractivity contribution in [3.63, 3.8) is 0 Å². The predicted molar refractivity (Wildman–Crippen MR) is 82.3 cm³/mol. The van der Waals surface area contributed by atoms with E-state index in [-0.39, 0.29) is 18.4 Å². The third kappa shape index (κ3) is 3.62. The van der Waals surface area contributed by atoms with Crippen LogP contribution in [0.1, 0.15) is 34.5 Å². The summed E-state index contributed by atoms with van der Waals surface area (Å²) in [5.41, 5.74) is 0.580. The van der Waals surface area contributed by atoms with Gasteiger partial charge in [0.25, 0.3) is 11.8 Å². The molecule has 1 unspecified atom stereocenters. The van der Waals surface area contributed by atoms with Crippen LogP contribution in [0.15, 0.2) is 16.8 Å². The summed E-state index contributed by atoms with van der Waals surface area (Å²) in [5.74, 6) is 1.13. The van der Waals surface area contributed by atoms with E-state index in [4.69, 9.17) is 14.0 Å². The van der Waals surface area contributed by atoms with E-state index in [0.29, 0.717) is 43.7 Å². The Balaban J connectivity index is 1.55. The summed E-state index contributed by atoms with van der Waals surface area (Å²) in [6.07, 6.45) is 2.43. The quantitative estimate of drug-likeness (QED) is 0.684. The topological polar surface area (TPSA) is 95.5 Å². The van der Waals surface area contributed by atoms with E-state index in [1.807, 2.05) is 0 Å². The van der Waals surface area contributed by atoms with Gasteiger partial charge in [-0.05, 0) is 12.5 Å². The van der Waals surface area contributed by atoms with Crippen LogP contribution in [-0.4, -0.2) is 64.1 Å². The Morgan fingerprint density at radius 2 is 2.33 bits per heavy atom. The maximum atomic E-state index is 12.5. The summed E-state index contributed by atoms with van der Waals surface area (Å²) < 4.78 is 17.0. The lowest BCUT2D eigenvalue weighted by molar-refractivity contribution is 0.0494. The summed E-state index contributed by atoms with van der Waals surface area (Å²) in [6, 6.07) is 1.72. The molecule has 0 aliphatic carbocycles. The van der Waals surface area contributed by atoms with Gasteiger partial charge in [0.05, 0.1) is 13.2 Å². The zero-order chi connectivity index (χ0) is 16.9. The number of rotatable bonds is 7. The fourth-order valence-corrected chi connectivity index (χ4v) is 2.70. The lowest BCUT2D eigenvalue weighted by atomic mass is 10.1. The van der Waals surface area contributed by atoms with Gasteiger partial charge in [-0.2, -0.15) is 10.1 Å². The van der Waals surface area contributed by atoms with Crippen LogP contribution in [0.2, 0.25) is 0 Å². The molecule has 130 valence electrons. The first kappa shape index (κ1) is 16.6. The molecule has 0 spiro atoms. The zero-order valence-electron chi connectivity index (χ0n) is 13.8. The molecule has 2 aromatic heterocycles. The molecule has 1 amide bonds. The minimum absolute atomic E-state index is 0.0240. The standard InChI is InChI=1S/C15H21N5O4/c1-19-12(3-5-16-19)15(21)20-6-4-11(9-20)14-17-13(24-18-14)10-23-8-7-22-2/h3,5,11H,4,6-10H2,1-2H3. The third-order valence-corrected chi connectivity index (χ3v) is 4.02. The number of nitrogens with zero attached hydrogens (tertiary/aromatic N) is 5. The van der Waals surface area contributed by atoms with Gasteiger partial charge in [0.2, 0.25) is 0 Å². The first-order valence-corrected chi connectivity index (χ1v) is 7.85. The van der Waals surface area contributed by atoms with Gasteiger partial charge in [-0.25, -0.2) is 0 Å². The maximum Gasteiger partial charge on any atom is 0.272 e. The van der Waals surface area contributed by atoms with Crippen molar-refractivity contribution >= 4 is 5.91 Å². The van der Waals surface area contributed by atoms with E-state index in [9.17, 15) is 4.79 Å². The first-order valence-electron chi connectivity index (χ1n) is 7.85. The van der Waals surface area contributed by atoms with Crippen molar-refractivity contribution in [2.75, 3.05) is 33.4 Å². The van der Waals surface area contributed by atoms with Gasteiger partial charge >= 0.3 is 0 Å². The number of hydrogen-bond acceptors (Lipinski definition) is 7. The van der Waals surface area contributed by atoms with E-state index in [0.717, 1.165) is 6.42 Å². The SMILES string of the molecule is COCCOCc1nc(C2CCN(C(=O)c3ccnn3C)C2)no1. The second-order valence-electron chi connectivity index (χ2n) is 5.67. The molecule has 2 aromatic rings. The first-order chi connectivity index (χ1) is 11.7. The van der Waals surface area contributed by atoms with Crippen molar-refractivity contribution in [1.82, 2.24) is 24.8 Å². The van der Waals surface area contributed by atoms with Crippen molar-refractivity contribution < 1.29 is 18.8 Å². The van der Waals surface area contributed by atoms with Gasteiger partial charge in [0, 0.05) is 39.4 Å². The Bertz CT molecular complexity index is 683. The number of aryl methyl sites for hydroxylation is 1. The molecule has 0 aromatic carbocycles. The molecular formula is C15H21N5O4. The normalized spacial score (nSPS) is 17.6. The molecule has 0 bridgehead atoms. The van der Waals surface area contributed by atoms with Gasteiger partial charge in [-0.3, -0.25) is 9.48 Å². The van der Waals surface area contributed by atoms with Crippen LogP contribution in [0.3, 0.4) is 0 Å². The monoisotopic (exact) mass is 335 g/mol. The van der Waals surface area contributed by atoms with E-state index in [2.05, 4.69) is 15.2 Å². The van der Waals surface area contributed by atoms with Crippen molar-refractivity contribution in [1.29, 1.82) is 0 Å². The van der Waals surface area contributed by atoms with E-state index < -0.39 is 0 Å². The molecule has 9 nitrogen and oxygen atoms in total. The second kappa shape index (κ2) is 7.54. The number of ether oxygens (including phenoxy) is 2. The minimum atomic E-state index is -0.0240. The summed E-state index contributed by atoms with van der Waals surface area (Å²) in [6.45, 7) is 2.51. The van der Waals surface area contributed by atoms with Crippen molar-refractivity contribution in [3.8, 4) is 0 Å². The Morgan fingerprint density at radius 1 is 1.46 bits per heavy atom. The molecule has 9 heteroatoms. The lowest BCUT2D eigenvalue weighted by Gasteiger charge is -2.15. The Morgan fingerprint density at radius 3 is 3.08 bits per heavy atom. The fraction of sp³-hybridized carbons (Fsp3) is 0.600. The van der Waals surface area contributed by atoms with Gasteiger partial charge in [0.15, 0.2) is 5.82 Å². The van der Waals surface area contributed by atoms with Gasteiger partial charge in [-0.1, -0.05) is 5.16 Å². The average molecular weight is 335 g/mol. The van der Waals surface area contributed by atoms with Crippen LogP contribution in [0, 0.1) is 0 Å². The van der Waals surface area contributed by atoms with Crippen molar-refractivity contribution in [2.45, 2.75) is 18.9 Å². The number of hydrogen-bond donors (Lipinski definition) is 0. The molecular weight excluding hydrogens is 314 g/mol. The van der Waals surface area contributed by atoms with E-state index in [1.165, 1.54) is 0 Å². The number of likely N-dealkylation sites (tertiary alicyclic amines) is 1. The molecule has 0 saturated carbocycles. The van der Waals surface area contributed by atoms with Gasteiger partial charge < -0.3 is 18.9 Å². The van der Waals surface area contributed by atoms with Gasteiger partial charge in [-0.15, -0.1) is 0 Å². The van der Waals surface area contributed by atoms with Crippen molar-refractivity contribution in [2.24, 2.45) is 7.05 Å². The largest absolute Gasteiger partial charge is 0.382 e. The molecule has 1 fully saturated rings. The zero-order valence-corrected chi connectivity index (χ0v) is 13.8. The van der Waals surface area contributed by atoms with Crippen LogP contribution in [0.4, 0.5) is 0 Å². The average Bonchev–Trinajstić information content (AvgIpc) is 3.31. The van der Waals surface area contributed by atoms with Crippen molar-refractivity contribution in [3.05, 3.63) is 29.7 Å². The molecule has 1 aliphatic rings. The van der Waals surface area contributed by atoms with Crippen LogP contribution >= 0.6 is 0 Å². The summed E-state index contributed by atoms with van der Waals surface area (Å²) >= 11 is 0. The molecule has 1 aliphatic heterocycles. The molecule has 24 heavy (non-hydrogen) atoms. The fourth-order valence-electron chi connectivity index (χ4n) is 2.70.